The highest BCUT2D eigenvalue weighted by Crippen LogP contribution is 2.21. The van der Waals surface area contributed by atoms with E-state index in [0.29, 0.717) is 0 Å². The molecular formula is C4H4F3O3-. The number of carbonyl (C=O) groups is 1. The second kappa shape index (κ2) is 2.87. The maximum atomic E-state index is 11.3. The van der Waals surface area contributed by atoms with E-state index in [0.717, 1.165) is 0 Å². The fraction of sp³-hybridized carbons (Fsp3) is 0.750. The normalized spacial score (nSPS) is 14.8. The Morgan fingerprint density at radius 2 is 2.00 bits per heavy atom. The molecular weight excluding hydrogens is 153 g/mol. The summed E-state index contributed by atoms with van der Waals surface area (Å²) in [6, 6.07) is 0. The molecule has 1 N–H and O–H groups in total. The van der Waals surface area contributed by atoms with E-state index in [9.17, 15) is 23.1 Å². The van der Waals surface area contributed by atoms with Gasteiger partial charge < -0.3 is 15.0 Å². The van der Waals surface area contributed by atoms with Gasteiger partial charge in [0.1, 0.15) is 0 Å². The minimum Gasteiger partial charge on any atom is -0.550 e. The number of alkyl halides is 3. The van der Waals surface area contributed by atoms with Crippen LogP contribution in [0, 0.1) is 0 Å². The van der Waals surface area contributed by atoms with Crippen LogP contribution in [-0.4, -0.2) is 23.4 Å². The molecule has 1 atom stereocenters. The fourth-order valence-corrected chi connectivity index (χ4v) is 0.274. The first kappa shape index (κ1) is 9.22. The SMILES string of the molecule is O=C([O-])C[C@@H](O)C(F)(F)F. The summed E-state index contributed by atoms with van der Waals surface area (Å²) in [7, 11) is 0. The van der Waals surface area contributed by atoms with E-state index in [1.807, 2.05) is 0 Å². The lowest BCUT2D eigenvalue weighted by molar-refractivity contribution is -0.312. The van der Waals surface area contributed by atoms with Crippen LogP contribution in [0.15, 0.2) is 0 Å². The molecule has 0 aliphatic carbocycles. The molecule has 0 aliphatic rings. The fourth-order valence-electron chi connectivity index (χ4n) is 0.274. The number of rotatable bonds is 2. The van der Waals surface area contributed by atoms with Crippen molar-refractivity contribution < 1.29 is 28.2 Å². The molecule has 0 fully saturated rings. The van der Waals surface area contributed by atoms with Crippen LogP contribution in [0.1, 0.15) is 6.42 Å². The summed E-state index contributed by atoms with van der Waals surface area (Å²) in [4.78, 5) is 9.49. The van der Waals surface area contributed by atoms with Gasteiger partial charge in [0.2, 0.25) is 0 Å². The summed E-state index contributed by atoms with van der Waals surface area (Å²) in [6.45, 7) is 0. The maximum absolute atomic E-state index is 11.3. The van der Waals surface area contributed by atoms with Crippen LogP contribution in [0.4, 0.5) is 13.2 Å². The van der Waals surface area contributed by atoms with Gasteiger partial charge in [-0.25, -0.2) is 0 Å². The molecule has 0 saturated carbocycles. The number of halogens is 3. The largest absolute Gasteiger partial charge is 0.550 e. The van der Waals surface area contributed by atoms with Crippen LogP contribution in [0.25, 0.3) is 0 Å². The Hall–Kier alpha value is -0.780. The first-order chi connectivity index (χ1) is 4.34. The molecule has 60 valence electrons. The molecule has 10 heavy (non-hydrogen) atoms. The van der Waals surface area contributed by atoms with Crippen molar-refractivity contribution in [1.82, 2.24) is 0 Å². The monoisotopic (exact) mass is 157 g/mol. The second-order valence-corrected chi connectivity index (χ2v) is 1.63. The van der Waals surface area contributed by atoms with Crippen LogP contribution in [0.2, 0.25) is 0 Å². The quantitative estimate of drug-likeness (QED) is 0.562. The Kier molecular flexibility index (Phi) is 2.65. The average Bonchev–Trinajstić information content (AvgIpc) is 1.60. The molecule has 0 radical (unpaired) electrons. The van der Waals surface area contributed by atoms with Gasteiger partial charge in [-0.15, -0.1) is 0 Å². The Labute approximate surface area is 54.1 Å². The molecule has 0 rings (SSSR count). The summed E-state index contributed by atoms with van der Waals surface area (Å²) in [6.07, 6.45) is -9.11. The lowest BCUT2D eigenvalue weighted by atomic mass is 10.2. The van der Waals surface area contributed by atoms with Crippen LogP contribution in [0.3, 0.4) is 0 Å². The number of carbonyl (C=O) groups excluding carboxylic acids is 1. The van der Waals surface area contributed by atoms with E-state index in [2.05, 4.69) is 0 Å². The topological polar surface area (TPSA) is 60.4 Å². The molecule has 0 amide bonds. The number of hydrogen-bond acceptors (Lipinski definition) is 3. The highest BCUT2D eigenvalue weighted by Gasteiger charge is 2.37. The van der Waals surface area contributed by atoms with E-state index < -0.39 is 24.7 Å². The van der Waals surface area contributed by atoms with Crippen LogP contribution in [-0.2, 0) is 4.79 Å². The van der Waals surface area contributed by atoms with E-state index >= 15 is 0 Å². The van der Waals surface area contributed by atoms with Gasteiger partial charge in [0.05, 0.1) is 0 Å². The smallest absolute Gasteiger partial charge is 0.414 e. The first-order valence-corrected chi connectivity index (χ1v) is 2.28. The highest BCUT2D eigenvalue weighted by atomic mass is 19.4. The first-order valence-electron chi connectivity index (χ1n) is 2.28. The lowest BCUT2D eigenvalue weighted by Crippen LogP contribution is -2.36. The minimum absolute atomic E-state index is 1.41. The van der Waals surface area contributed by atoms with Crippen LogP contribution in [0.5, 0.6) is 0 Å². The molecule has 0 heterocycles. The van der Waals surface area contributed by atoms with E-state index in [-0.39, 0.29) is 0 Å². The van der Waals surface area contributed by atoms with E-state index in [4.69, 9.17) is 5.11 Å². The summed E-state index contributed by atoms with van der Waals surface area (Å²) < 4.78 is 33.8. The van der Waals surface area contributed by atoms with Crippen molar-refractivity contribution in [1.29, 1.82) is 0 Å². The summed E-state index contributed by atoms with van der Waals surface area (Å²) >= 11 is 0. The molecule has 3 nitrogen and oxygen atoms in total. The van der Waals surface area contributed by atoms with E-state index in [1.54, 1.807) is 0 Å². The zero-order valence-corrected chi connectivity index (χ0v) is 4.68. The Bertz CT molecular complexity index is 130. The standard InChI is InChI=1S/C4H5F3O3/c5-4(6,7)2(8)1-3(9)10/h2,8H,1H2,(H,9,10)/p-1/t2-/m1/s1. The number of aliphatic carboxylic acids is 1. The molecule has 0 unspecified atom stereocenters. The molecule has 0 spiro atoms. The molecule has 0 aromatic carbocycles. The number of hydrogen-bond donors (Lipinski definition) is 1. The average molecular weight is 157 g/mol. The summed E-state index contributed by atoms with van der Waals surface area (Å²) in [5, 5.41) is 17.5. The van der Waals surface area contributed by atoms with Crippen molar-refractivity contribution in [2.75, 3.05) is 0 Å². The number of carboxylic acid groups (broad SMARTS) is 1. The van der Waals surface area contributed by atoms with Gasteiger partial charge in [-0.2, -0.15) is 13.2 Å². The zero-order chi connectivity index (χ0) is 8.36. The van der Waals surface area contributed by atoms with Crippen molar-refractivity contribution in [3.8, 4) is 0 Å². The number of aliphatic hydroxyl groups is 1. The maximum Gasteiger partial charge on any atom is 0.414 e. The third-order valence-electron chi connectivity index (χ3n) is 0.738. The Morgan fingerprint density at radius 1 is 1.60 bits per heavy atom. The number of aliphatic hydroxyl groups excluding tert-OH is 1. The second-order valence-electron chi connectivity index (χ2n) is 1.63. The Morgan fingerprint density at radius 3 is 2.10 bits per heavy atom. The highest BCUT2D eigenvalue weighted by molar-refractivity contribution is 5.64. The zero-order valence-electron chi connectivity index (χ0n) is 4.68. The van der Waals surface area contributed by atoms with Gasteiger partial charge in [-0.05, 0) is 0 Å². The van der Waals surface area contributed by atoms with Crippen molar-refractivity contribution in [3.63, 3.8) is 0 Å². The van der Waals surface area contributed by atoms with Crippen molar-refractivity contribution in [3.05, 3.63) is 0 Å². The Balaban J connectivity index is 3.85. The predicted octanol–water partition coefficient (Wildman–Crippen LogP) is -0.950. The van der Waals surface area contributed by atoms with Crippen molar-refractivity contribution in [2.45, 2.75) is 18.7 Å². The van der Waals surface area contributed by atoms with Gasteiger partial charge >= 0.3 is 6.18 Å². The number of carboxylic acids is 1. The van der Waals surface area contributed by atoms with E-state index in [1.165, 1.54) is 0 Å². The van der Waals surface area contributed by atoms with Gasteiger partial charge in [0.25, 0.3) is 0 Å². The molecule has 0 saturated heterocycles. The summed E-state index contributed by atoms with van der Waals surface area (Å²) in [5.74, 6) is -1.93. The third-order valence-corrected chi connectivity index (χ3v) is 0.738. The molecule has 0 aromatic rings. The van der Waals surface area contributed by atoms with Crippen molar-refractivity contribution in [2.24, 2.45) is 0 Å². The van der Waals surface area contributed by atoms with Crippen LogP contribution >= 0.6 is 0 Å². The predicted molar refractivity (Wildman–Crippen MR) is 21.7 cm³/mol. The summed E-state index contributed by atoms with van der Waals surface area (Å²) in [5.41, 5.74) is 0. The lowest BCUT2D eigenvalue weighted by Gasteiger charge is -2.13. The van der Waals surface area contributed by atoms with Crippen molar-refractivity contribution >= 4 is 5.97 Å². The van der Waals surface area contributed by atoms with Gasteiger partial charge in [-0.3, -0.25) is 0 Å². The van der Waals surface area contributed by atoms with Crippen LogP contribution < -0.4 is 5.11 Å². The van der Waals surface area contributed by atoms with Gasteiger partial charge in [0, 0.05) is 12.4 Å². The molecule has 0 aromatic heterocycles. The van der Waals surface area contributed by atoms with Gasteiger partial charge in [-0.1, -0.05) is 0 Å². The minimum atomic E-state index is -4.87. The molecule has 0 bridgehead atoms. The third kappa shape index (κ3) is 3.29. The molecule has 0 aliphatic heterocycles. The van der Waals surface area contributed by atoms with Gasteiger partial charge in [0.15, 0.2) is 6.10 Å². The molecule has 6 heteroatoms.